The summed E-state index contributed by atoms with van der Waals surface area (Å²) >= 11 is 5.73. The quantitative estimate of drug-likeness (QED) is 0.578. The lowest BCUT2D eigenvalue weighted by molar-refractivity contribution is 1.66. The van der Waals surface area contributed by atoms with Crippen LogP contribution in [-0.4, -0.2) is 0 Å². The van der Waals surface area contributed by atoms with Gasteiger partial charge in [0.05, 0.1) is 0 Å². The van der Waals surface area contributed by atoms with Crippen molar-refractivity contribution in [2.45, 2.75) is 0 Å². The molecule has 0 unspecified atom stereocenters. The van der Waals surface area contributed by atoms with Gasteiger partial charge in [0, 0.05) is 5.02 Å². The Morgan fingerprint density at radius 2 is 2.20 bits per heavy atom. The third-order valence-corrected chi connectivity index (χ3v) is 1.39. The zero-order valence-electron chi connectivity index (χ0n) is 5.55. The molecule has 0 saturated carbocycles. The van der Waals surface area contributed by atoms with Gasteiger partial charge in [-0.1, -0.05) is 35.9 Å². The Morgan fingerprint density at radius 3 is 2.80 bits per heavy atom. The zero-order valence-corrected chi connectivity index (χ0v) is 6.31. The van der Waals surface area contributed by atoms with Crippen molar-refractivity contribution in [1.29, 1.82) is 0 Å². The highest BCUT2D eigenvalue weighted by Crippen LogP contribution is 2.11. The van der Waals surface area contributed by atoms with Crippen LogP contribution < -0.4 is 0 Å². The molecule has 0 atom stereocenters. The molecular formula is C9H8Cl. The third kappa shape index (κ3) is 1.89. The SMILES string of the molecule is [CH2]/C=C/c1cccc(Cl)c1. The van der Waals surface area contributed by atoms with E-state index < -0.39 is 0 Å². The Bertz CT molecular complexity index is 238. The van der Waals surface area contributed by atoms with E-state index in [0.29, 0.717) is 0 Å². The second-order valence-electron chi connectivity index (χ2n) is 1.96. The molecule has 0 nitrogen and oxygen atoms in total. The van der Waals surface area contributed by atoms with Crippen molar-refractivity contribution in [1.82, 2.24) is 0 Å². The summed E-state index contributed by atoms with van der Waals surface area (Å²) in [4.78, 5) is 0. The van der Waals surface area contributed by atoms with E-state index in [1.807, 2.05) is 30.3 Å². The molecule has 0 spiro atoms. The summed E-state index contributed by atoms with van der Waals surface area (Å²) in [7, 11) is 0. The van der Waals surface area contributed by atoms with Crippen molar-refractivity contribution in [3.8, 4) is 0 Å². The van der Waals surface area contributed by atoms with Gasteiger partial charge in [-0.05, 0) is 24.6 Å². The highest BCUT2D eigenvalue weighted by molar-refractivity contribution is 6.30. The van der Waals surface area contributed by atoms with E-state index in [1.54, 1.807) is 6.08 Å². The lowest BCUT2D eigenvalue weighted by Gasteiger charge is -1.91. The number of hydrogen-bond acceptors (Lipinski definition) is 0. The van der Waals surface area contributed by atoms with Gasteiger partial charge in [0.1, 0.15) is 0 Å². The predicted octanol–water partition coefficient (Wildman–Crippen LogP) is 3.19. The van der Waals surface area contributed by atoms with E-state index >= 15 is 0 Å². The summed E-state index contributed by atoms with van der Waals surface area (Å²) in [5, 5.41) is 0.760. The minimum Gasteiger partial charge on any atom is -0.0843 e. The lowest BCUT2D eigenvalue weighted by Crippen LogP contribution is -1.68. The highest BCUT2D eigenvalue weighted by atomic mass is 35.5. The molecule has 0 aliphatic heterocycles. The minimum absolute atomic E-state index is 0.760. The fourth-order valence-electron chi connectivity index (χ4n) is 0.746. The Balaban J connectivity index is 2.95. The largest absolute Gasteiger partial charge is 0.0843 e. The Morgan fingerprint density at radius 1 is 1.40 bits per heavy atom. The number of halogens is 1. The van der Waals surface area contributed by atoms with E-state index in [-0.39, 0.29) is 0 Å². The van der Waals surface area contributed by atoms with Gasteiger partial charge >= 0.3 is 0 Å². The monoisotopic (exact) mass is 151 g/mol. The molecule has 51 valence electrons. The van der Waals surface area contributed by atoms with E-state index in [1.165, 1.54) is 0 Å². The molecule has 0 aromatic heterocycles. The summed E-state index contributed by atoms with van der Waals surface area (Å²) in [5.74, 6) is 0. The van der Waals surface area contributed by atoms with Crippen LogP contribution >= 0.6 is 11.6 Å². The van der Waals surface area contributed by atoms with E-state index in [9.17, 15) is 0 Å². The third-order valence-electron chi connectivity index (χ3n) is 1.16. The molecule has 0 aliphatic carbocycles. The van der Waals surface area contributed by atoms with Crippen molar-refractivity contribution in [2.24, 2.45) is 0 Å². The maximum Gasteiger partial charge on any atom is 0.0411 e. The van der Waals surface area contributed by atoms with Crippen molar-refractivity contribution < 1.29 is 0 Å². The molecule has 0 N–H and O–H groups in total. The molecule has 1 aromatic carbocycles. The number of hydrogen-bond donors (Lipinski definition) is 0. The first-order chi connectivity index (χ1) is 4.83. The van der Waals surface area contributed by atoms with Crippen LogP contribution in [0.3, 0.4) is 0 Å². The number of rotatable bonds is 1. The molecule has 1 aromatic rings. The standard InChI is InChI=1S/C9H8Cl/c1-2-4-8-5-3-6-9(10)7-8/h2-7H,1H2/b4-2+. The van der Waals surface area contributed by atoms with Gasteiger partial charge in [0.15, 0.2) is 0 Å². The summed E-state index contributed by atoms with van der Waals surface area (Å²) in [6.45, 7) is 3.59. The Labute approximate surface area is 66.1 Å². The van der Waals surface area contributed by atoms with Crippen molar-refractivity contribution >= 4 is 17.7 Å². The Kier molecular flexibility index (Phi) is 2.52. The molecule has 1 rings (SSSR count). The fourth-order valence-corrected chi connectivity index (χ4v) is 0.945. The number of benzene rings is 1. The first kappa shape index (κ1) is 7.36. The maximum atomic E-state index is 5.73. The Hall–Kier alpha value is -0.750. The molecule has 10 heavy (non-hydrogen) atoms. The van der Waals surface area contributed by atoms with Crippen LogP contribution in [0.1, 0.15) is 5.56 Å². The summed E-state index contributed by atoms with van der Waals surface area (Å²) < 4.78 is 0. The molecular weight excluding hydrogens is 144 g/mol. The van der Waals surface area contributed by atoms with E-state index in [0.717, 1.165) is 10.6 Å². The van der Waals surface area contributed by atoms with Gasteiger partial charge in [-0.2, -0.15) is 0 Å². The van der Waals surface area contributed by atoms with Gasteiger partial charge < -0.3 is 0 Å². The first-order valence-corrected chi connectivity index (χ1v) is 3.42. The van der Waals surface area contributed by atoms with Crippen LogP contribution in [0.4, 0.5) is 0 Å². The van der Waals surface area contributed by atoms with Crippen LogP contribution in [0.25, 0.3) is 6.08 Å². The minimum atomic E-state index is 0.760. The average molecular weight is 152 g/mol. The molecule has 0 bridgehead atoms. The summed E-state index contributed by atoms with van der Waals surface area (Å²) in [6.07, 6.45) is 3.65. The van der Waals surface area contributed by atoms with Gasteiger partial charge in [-0.3, -0.25) is 0 Å². The van der Waals surface area contributed by atoms with Gasteiger partial charge in [-0.25, -0.2) is 0 Å². The van der Waals surface area contributed by atoms with Crippen molar-refractivity contribution in [2.75, 3.05) is 0 Å². The van der Waals surface area contributed by atoms with Crippen LogP contribution in [-0.2, 0) is 0 Å². The lowest BCUT2D eigenvalue weighted by atomic mass is 10.2. The highest BCUT2D eigenvalue weighted by Gasteiger charge is 1.86. The fraction of sp³-hybridized carbons (Fsp3) is 0. The van der Waals surface area contributed by atoms with E-state index in [2.05, 4.69) is 6.92 Å². The summed E-state index contributed by atoms with van der Waals surface area (Å²) in [5.41, 5.74) is 1.09. The van der Waals surface area contributed by atoms with Gasteiger partial charge in [-0.15, -0.1) is 0 Å². The van der Waals surface area contributed by atoms with Crippen molar-refractivity contribution in [3.05, 3.63) is 47.9 Å². The van der Waals surface area contributed by atoms with Crippen LogP contribution in [0.5, 0.6) is 0 Å². The van der Waals surface area contributed by atoms with Crippen LogP contribution in [0, 0.1) is 6.92 Å². The topological polar surface area (TPSA) is 0 Å². The average Bonchev–Trinajstić information content (AvgIpc) is 1.88. The number of allylic oxidation sites excluding steroid dienone is 1. The smallest absolute Gasteiger partial charge is 0.0411 e. The molecule has 0 aliphatic rings. The summed E-state index contributed by atoms with van der Waals surface area (Å²) in [6, 6.07) is 7.64. The van der Waals surface area contributed by atoms with Gasteiger partial charge in [0.2, 0.25) is 0 Å². The molecule has 0 heterocycles. The first-order valence-electron chi connectivity index (χ1n) is 3.04. The molecule has 1 heteroatoms. The van der Waals surface area contributed by atoms with Gasteiger partial charge in [0.25, 0.3) is 0 Å². The zero-order chi connectivity index (χ0) is 7.40. The molecule has 0 amide bonds. The van der Waals surface area contributed by atoms with Crippen LogP contribution in [0.2, 0.25) is 5.02 Å². The predicted molar refractivity (Wildman–Crippen MR) is 45.8 cm³/mol. The van der Waals surface area contributed by atoms with Crippen molar-refractivity contribution in [3.63, 3.8) is 0 Å². The van der Waals surface area contributed by atoms with Crippen LogP contribution in [0.15, 0.2) is 30.3 Å². The second-order valence-corrected chi connectivity index (χ2v) is 2.39. The van der Waals surface area contributed by atoms with E-state index in [4.69, 9.17) is 11.6 Å². The molecule has 1 radical (unpaired) electrons. The second kappa shape index (κ2) is 3.43. The molecule has 0 fully saturated rings. The maximum absolute atomic E-state index is 5.73. The molecule has 0 saturated heterocycles. The normalized spacial score (nSPS) is 10.6.